The van der Waals surface area contributed by atoms with Crippen LogP contribution in [0.4, 0.5) is 5.69 Å². The smallest absolute Gasteiger partial charge is 0.0493 e. The average molecular weight is 183 g/mol. The molecule has 1 rings (SSSR count). The Bertz CT molecular complexity index is 235. The molecule has 68 valence electrons. The highest BCUT2D eigenvalue weighted by Crippen LogP contribution is 2.35. The van der Waals surface area contributed by atoms with Crippen molar-refractivity contribution in [3.05, 3.63) is 15.8 Å². The molecule has 0 spiro atoms. The quantitative estimate of drug-likeness (QED) is 0.745. The van der Waals surface area contributed by atoms with Crippen LogP contribution in [0.3, 0.4) is 0 Å². The van der Waals surface area contributed by atoms with Crippen LogP contribution in [-0.2, 0) is 0 Å². The molecule has 0 radical (unpaired) electrons. The fourth-order valence-corrected chi connectivity index (χ4v) is 2.46. The second kappa shape index (κ2) is 3.48. The van der Waals surface area contributed by atoms with Gasteiger partial charge in [-0.1, -0.05) is 27.7 Å². The predicted molar refractivity (Wildman–Crippen MR) is 56.9 cm³/mol. The van der Waals surface area contributed by atoms with E-state index >= 15 is 0 Å². The van der Waals surface area contributed by atoms with Gasteiger partial charge in [-0.3, -0.25) is 0 Å². The van der Waals surface area contributed by atoms with Gasteiger partial charge in [-0.15, -0.1) is 11.3 Å². The molecule has 0 aliphatic rings. The summed E-state index contributed by atoms with van der Waals surface area (Å²) in [6.07, 6.45) is 0. The van der Waals surface area contributed by atoms with Gasteiger partial charge in [0.05, 0.1) is 0 Å². The third-order valence-corrected chi connectivity index (χ3v) is 3.35. The number of hydrogen-bond acceptors (Lipinski definition) is 2. The van der Waals surface area contributed by atoms with Crippen LogP contribution >= 0.6 is 11.3 Å². The minimum absolute atomic E-state index is 0.550. The minimum Gasteiger partial charge on any atom is -0.398 e. The van der Waals surface area contributed by atoms with Gasteiger partial charge in [0.15, 0.2) is 0 Å². The lowest BCUT2D eigenvalue weighted by Gasteiger charge is -2.06. The molecule has 12 heavy (non-hydrogen) atoms. The van der Waals surface area contributed by atoms with Crippen molar-refractivity contribution < 1.29 is 0 Å². The number of rotatable bonds is 2. The highest BCUT2D eigenvalue weighted by molar-refractivity contribution is 7.10. The predicted octanol–water partition coefficient (Wildman–Crippen LogP) is 3.58. The van der Waals surface area contributed by atoms with E-state index in [0.29, 0.717) is 11.8 Å². The summed E-state index contributed by atoms with van der Waals surface area (Å²) in [4.78, 5) is 1.33. The van der Waals surface area contributed by atoms with Gasteiger partial charge < -0.3 is 5.73 Å². The molecule has 0 saturated carbocycles. The normalized spacial score (nSPS) is 11.5. The van der Waals surface area contributed by atoms with Crippen LogP contribution in [0.25, 0.3) is 0 Å². The first-order valence-electron chi connectivity index (χ1n) is 4.40. The van der Waals surface area contributed by atoms with Gasteiger partial charge >= 0.3 is 0 Å². The number of thiophene rings is 1. The van der Waals surface area contributed by atoms with E-state index in [2.05, 4.69) is 33.1 Å². The Hall–Kier alpha value is -0.500. The molecule has 0 bridgehead atoms. The molecule has 2 N–H and O–H groups in total. The van der Waals surface area contributed by atoms with Crippen LogP contribution in [0.2, 0.25) is 0 Å². The summed E-state index contributed by atoms with van der Waals surface area (Å²) >= 11 is 1.79. The zero-order valence-electron chi connectivity index (χ0n) is 8.22. The lowest BCUT2D eigenvalue weighted by Crippen LogP contribution is -1.96. The van der Waals surface area contributed by atoms with E-state index in [1.54, 1.807) is 11.3 Å². The molecule has 2 heteroatoms. The Kier molecular flexibility index (Phi) is 2.78. The molecule has 0 aromatic carbocycles. The van der Waals surface area contributed by atoms with Gasteiger partial charge in [0.25, 0.3) is 0 Å². The Morgan fingerprint density at radius 3 is 2.00 bits per heavy atom. The van der Waals surface area contributed by atoms with E-state index in [4.69, 9.17) is 5.73 Å². The average Bonchev–Trinajstić information content (AvgIpc) is 2.30. The fraction of sp³-hybridized carbons (Fsp3) is 0.600. The molecule has 1 aromatic rings. The third-order valence-electron chi connectivity index (χ3n) is 2.04. The summed E-state index contributed by atoms with van der Waals surface area (Å²) < 4.78 is 0. The summed E-state index contributed by atoms with van der Waals surface area (Å²) in [5, 5.41) is 2.19. The largest absolute Gasteiger partial charge is 0.398 e. The number of nitrogens with two attached hydrogens (primary N) is 1. The van der Waals surface area contributed by atoms with E-state index in [1.165, 1.54) is 10.4 Å². The van der Waals surface area contributed by atoms with Crippen molar-refractivity contribution in [2.24, 2.45) is 0 Å². The van der Waals surface area contributed by atoms with Crippen LogP contribution in [-0.4, -0.2) is 0 Å². The Morgan fingerprint density at radius 1 is 1.17 bits per heavy atom. The van der Waals surface area contributed by atoms with Gasteiger partial charge in [0.1, 0.15) is 0 Å². The first kappa shape index (κ1) is 9.59. The maximum atomic E-state index is 6.02. The molecule has 0 amide bonds. The van der Waals surface area contributed by atoms with Gasteiger partial charge in [-0.05, 0) is 22.8 Å². The maximum Gasteiger partial charge on any atom is 0.0493 e. The monoisotopic (exact) mass is 183 g/mol. The van der Waals surface area contributed by atoms with E-state index in [-0.39, 0.29) is 0 Å². The standard InChI is InChI=1S/C10H17NS/c1-6(2)8-5-12-10(7(3)4)9(8)11/h5-7H,11H2,1-4H3. The Balaban J connectivity index is 3.04. The van der Waals surface area contributed by atoms with Crippen LogP contribution in [0, 0.1) is 0 Å². The topological polar surface area (TPSA) is 26.0 Å². The van der Waals surface area contributed by atoms with Gasteiger partial charge in [0.2, 0.25) is 0 Å². The summed E-state index contributed by atoms with van der Waals surface area (Å²) in [6.45, 7) is 8.74. The van der Waals surface area contributed by atoms with E-state index < -0.39 is 0 Å². The lowest BCUT2D eigenvalue weighted by atomic mass is 10.0. The maximum absolute atomic E-state index is 6.02. The highest BCUT2D eigenvalue weighted by atomic mass is 32.1. The molecule has 0 fully saturated rings. The first-order valence-corrected chi connectivity index (χ1v) is 5.28. The Labute approximate surface area is 78.6 Å². The van der Waals surface area contributed by atoms with E-state index in [9.17, 15) is 0 Å². The summed E-state index contributed by atoms with van der Waals surface area (Å²) in [5.41, 5.74) is 8.34. The van der Waals surface area contributed by atoms with Crippen molar-refractivity contribution in [2.75, 3.05) is 5.73 Å². The van der Waals surface area contributed by atoms with E-state index in [0.717, 1.165) is 5.69 Å². The molecule has 0 aliphatic heterocycles. The van der Waals surface area contributed by atoms with Gasteiger partial charge in [-0.2, -0.15) is 0 Å². The summed E-state index contributed by atoms with van der Waals surface area (Å²) in [5.74, 6) is 1.11. The molecule has 0 saturated heterocycles. The van der Waals surface area contributed by atoms with Crippen molar-refractivity contribution in [1.82, 2.24) is 0 Å². The number of nitrogen functional groups attached to an aromatic ring is 1. The molecule has 0 unspecified atom stereocenters. The molecular formula is C10H17NS. The molecule has 1 aromatic heterocycles. The summed E-state index contributed by atoms with van der Waals surface area (Å²) in [6, 6.07) is 0. The van der Waals surface area contributed by atoms with Crippen molar-refractivity contribution in [1.29, 1.82) is 0 Å². The molecule has 1 nitrogen and oxygen atoms in total. The zero-order chi connectivity index (χ0) is 9.30. The third kappa shape index (κ3) is 1.63. The fourth-order valence-electron chi connectivity index (χ4n) is 1.29. The van der Waals surface area contributed by atoms with Crippen molar-refractivity contribution in [3.63, 3.8) is 0 Å². The molecule has 1 heterocycles. The molecular weight excluding hydrogens is 166 g/mol. The Morgan fingerprint density at radius 2 is 1.75 bits per heavy atom. The highest BCUT2D eigenvalue weighted by Gasteiger charge is 2.12. The van der Waals surface area contributed by atoms with Crippen molar-refractivity contribution in [3.8, 4) is 0 Å². The molecule has 0 aliphatic carbocycles. The van der Waals surface area contributed by atoms with Crippen molar-refractivity contribution in [2.45, 2.75) is 39.5 Å². The number of anilines is 1. The van der Waals surface area contributed by atoms with Crippen LogP contribution in [0.15, 0.2) is 5.38 Å². The SMILES string of the molecule is CC(C)c1csc(C(C)C)c1N. The van der Waals surface area contributed by atoms with Gasteiger partial charge in [-0.25, -0.2) is 0 Å². The second-order valence-electron chi connectivity index (χ2n) is 3.78. The van der Waals surface area contributed by atoms with E-state index in [1.807, 2.05) is 0 Å². The van der Waals surface area contributed by atoms with Crippen LogP contribution in [0.5, 0.6) is 0 Å². The van der Waals surface area contributed by atoms with Crippen LogP contribution in [0.1, 0.15) is 50.0 Å². The molecule has 0 atom stereocenters. The first-order chi connectivity index (χ1) is 5.54. The lowest BCUT2D eigenvalue weighted by molar-refractivity contribution is 0.861. The van der Waals surface area contributed by atoms with Crippen LogP contribution < -0.4 is 5.73 Å². The second-order valence-corrected chi connectivity index (χ2v) is 4.69. The number of hydrogen-bond donors (Lipinski definition) is 1. The van der Waals surface area contributed by atoms with Gasteiger partial charge in [0, 0.05) is 10.6 Å². The minimum atomic E-state index is 0.550. The zero-order valence-corrected chi connectivity index (χ0v) is 9.03. The van der Waals surface area contributed by atoms with Crippen molar-refractivity contribution >= 4 is 17.0 Å². The summed E-state index contributed by atoms with van der Waals surface area (Å²) in [7, 11) is 0.